The van der Waals surface area contributed by atoms with E-state index < -0.39 is 0 Å². The lowest BCUT2D eigenvalue weighted by molar-refractivity contribution is -0.123. The summed E-state index contributed by atoms with van der Waals surface area (Å²) in [6.45, 7) is 14.2. The number of guanidine groups is 1. The van der Waals surface area contributed by atoms with Gasteiger partial charge in [-0.1, -0.05) is 6.07 Å². The molecule has 8 nitrogen and oxygen atoms in total. The van der Waals surface area contributed by atoms with E-state index in [1.807, 2.05) is 26.8 Å². The summed E-state index contributed by atoms with van der Waals surface area (Å²) in [5.41, 5.74) is 1.22. The fourth-order valence-corrected chi connectivity index (χ4v) is 3.73. The Morgan fingerprint density at radius 3 is 2.53 bits per heavy atom. The number of carbonyl (C=O) groups excluding carboxylic acids is 1. The number of hydrogen-bond donors (Lipinski definition) is 2. The molecule has 1 aromatic rings. The predicted molar refractivity (Wildman–Crippen MR) is 130 cm³/mol. The Balaban J connectivity index is 1.83. The maximum atomic E-state index is 12.0. The summed E-state index contributed by atoms with van der Waals surface area (Å²) in [5, 5.41) is 6.38. The summed E-state index contributed by atoms with van der Waals surface area (Å²) in [5.74, 6) is 2.62. The molecule has 32 heavy (non-hydrogen) atoms. The van der Waals surface area contributed by atoms with Crippen LogP contribution in [-0.4, -0.2) is 87.2 Å². The van der Waals surface area contributed by atoms with Crippen molar-refractivity contribution in [1.82, 2.24) is 20.4 Å². The largest absolute Gasteiger partial charge is 0.493 e. The lowest BCUT2D eigenvalue weighted by Crippen LogP contribution is -2.54. The average molecular weight is 448 g/mol. The third kappa shape index (κ3) is 8.57. The first-order valence-corrected chi connectivity index (χ1v) is 11.8. The second kappa shape index (κ2) is 13.8. The fraction of sp³-hybridized carbons (Fsp3) is 0.667. The first-order valence-electron chi connectivity index (χ1n) is 11.8. The number of hydrogen-bond acceptors (Lipinski definition) is 5. The molecule has 1 amide bonds. The standard InChI is InChI=1S/C24H41N5O3/c1-6-25-24(29-15-13-28(14-16-29)18-23(30)27-19(3)4)26-12-8-9-20-10-11-21(31-5)22(17-20)32-7-2/h10-11,17,19H,6-9,12-16,18H2,1-5H3,(H,25,26)(H,27,30). The molecule has 2 N–H and O–H groups in total. The molecule has 1 heterocycles. The maximum absolute atomic E-state index is 12.0. The van der Waals surface area contributed by atoms with Crippen molar-refractivity contribution in [2.75, 3.05) is 59.5 Å². The topological polar surface area (TPSA) is 78.4 Å². The number of amides is 1. The van der Waals surface area contributed by atoms with Crippen LogP contribution in [-0.2, 0) is 11.2 Å². The van der Waals surface area contributed by atoms with Crippen LogP contribution in [0.15, 0.2) is 23.2 Å². The van der Waals surface area contributed by atoms with Gasteiger partial charge in [0.25, 0.3) is 0 Å². The van der Waals surface area contributed by atoms with Gasteiger partial charge in [0.1, 0.15) is 0 Å². The number of carbonyl (C=O) groups is 1. The highest BCUT2D eigenvalue weighted by Crippen LogP contribution is 2.28. The molecule has 1 aromatic carbocycles. The van der Waals surface area contributed by atoms with Crippen molar-refractivity contribution in [3.63, 3.8) is 0 Å². The van der Waals surface area contributed by atoms with Gasteiger partial charge in [0, 0.05) is 45.3 Å². The number of rotatable bonds is 11. The molecule has 0 bridgehead atoms. The number of ether oxygens (including phenoxy) is 2. The third-order valence-corrected chi connectivity index (χ3v) is 5.24. The zero-order valence-electron chi connectivity index (χ0n) is 20.4. The summed E-state index contributed by atoms with van der Waals surface area (Å²) >= 11 is 0. The van der Waals surface area contributed by atoms with Gasteiger partial charge < -0.3 is 25.0 Å². The van der Waals surface area contributed by atoms with E-state index in [0.29, 0.717) is 13.2 Å². The Labute approximate surface area is 193 Å². The molecule has 0 aromatic heterocycles. The van der Waals surface area contributed by atoms with Gasteiger partial charge in [-0.2, -0.15) is 0 Å². The lowest BCUT2D eigenvalue weighted by atomic mass is 10.1. The second-order valence-corrected chi connectivity index (χ2v) is 8.24. The Morgan fingerprint density at radius 1 is 1.16 bits per heavy atom. The zero-order chi connectivity index (χ0) is 23.3. The zero-order valence-corrected chi connectivity index (χ0v) is 20.4. The summed E-state index contributed by atoms with van der Waals surface area (Å²) in [7, 11) is 1.66. The van der Waals surface area contributed by atoms with Gasteiger partial charge in [0.05, 0.1) is 20.3 Å². The molecule has 0 saturated carbocycles. The minimum Gasteiger partial charge on any atom is -0.493 e. The van der Waals surface area contributed by atoms with E-state index in [2.05, 4.69) is 39.5 Å². The van der Waals surface area contributed by atoms with Crippen molar-refractivity contribution in [1.29, 1.82) is 0 Å². The van der Waals surface area contributed by atoms with Crippen LogP contribution in [0.25, 0.3) is 0 Å². The number of benzene rings is 1. The smallest absolute Gasteiger partial charge is 0.234 e. The van der Waals surface area contributed by atoms with Crippen LogP contribution in [0.2, 0.25) is 0 Å². The average Bonchev–Trinajstić information content (AvgIpc) is 2.76. The molecule has 1 fully saturated rings. The molecule has 1 aliphatic rings. The van der Waals surface area contributed by atoms with Crippen LogP contribution < -0.4 is 20.1 Å². The van der Waals surface area contributed by atoms with E-state index in [9.17, 15) is 4.79 Å². The van der Waals surface area contributed by atoms with Crippen LogP contribution in [0.1, 0.15) is 39.7 Å². The predicted octanol–water partition coefficient (Wildman–Crippen LogP) is 2.13. The van der Waals surface area contributed by atoms with Crippen LogP contribution in [0, 0.1) is 0 Å². The van der Waals surface area contributed by atoms with E-state index in [1.54, 1.807) is 7.11 Å². The second-order valence-electron chi connectivity index (χ2n) is 8.24. The van der Waals surface area contributed by atoms with E-state index in [1.165, 1.54) is 5.56 Å². The monoisotopic (exact) mass is 447 g/mol. The molecule has 0 unspecified atom stereocenters. The molecule has 0 spiro atoms. The number of aliphatic imine (C=N–C) groups is 1. The van der Waals surface area contributed by atoms with Gasteiger partial charge in [-0.05, 0) is 58.2 Å². The normalized spacial score (nSPS) is 15.1. The van der Waals surface area contributed by atoms with Crippen molar-refractivity contribution >= 4 is 11.9 Å². The number of nitrogens with zero attached hydrogens (tertiary/aromatic N) is 3. The minimum absolute atomic E-state index is 0.0973. The van der Waals surface area contributed by atoms with Gasteiger partial charge in [-0.15, -0.1) is 0 Å². The minimum atomic E-state index is 0.0973. The molecule has 0 atom stereocenters. The summed E-state index contributed by atoms with van der Waals surface area (Å²) < 4.78 is 11.0. The fourth-order valence-electron chi connectivity index (χ4n) is 3.73. The van der Waals surface area contributed by atoms with Gasteiger partial charge >= 0.3 is 0 Å². The SMILES string of the molecule is CCNC(=NCCCc1ccc(OC)c(OCC)c1)N1CCN(CC(=O)NC(C)C)CC1. The Bertz CT molecular complexity index is 730. The lowest BCUT2D eigenvalue weighted by Gasteiger charge is -2.36. The molecule has 1 aliphatic heterocycles. The summed E-state index contributed by atoms with van der Waals surface area (Å²) in [6.07, 6.45) is 1.90. The molecule has 0 radical (unpaired) electrons. The number of methoxy groups -OCH3 is 1. The van der Waals surface area contributed by atoms with E-state index in [0.717, 1.165) is 69.6 Å². The quantitative estimate of drug-likeness (QED) is 0.307. The number of aryl methyl sites for hydroxylation is 1. The van der Waals surface area contributed by atoms with Gasteiger partial charge in [-0.3, -0.25) is 14.7 Å². The number of piperazine rings is 1. The van der Waals surface area contributed by atoms with E-state index in [-0.39, 0.29) is 11.9 Å². The molecule has 1 saturated heterocycles. The van der Waals surface area contributed by atoms with Crippen molar-refractivity contribution in [3.05, 3.63) is 23.8 Å². The van der Waals surface area contributed by atoms with Crippen LogP contribution in [0.3, 0.4) is 0 Å². The van der Waals surface area contributed by atoms with E-state index in [4.69, 9.17) is 14.5 Å². The summed E-state index contributed by atoms with van der Waals surface area (Å²) in [4.78, 5) is 21.4. The molecule has 0 aliphatic carbocycles. The Kier molecular flexibility index (Phi) is 11.1. The van der Waals surface area contributed by atoms with Crippen molar-refractivity contribution in [3.8, 4) is 11.5 Å². The molecular formula is C24H41N5O3. The maximum Gasteiger partial charge on any atom is 0.234 e. The molecule has 180 valence electrons. The highest BCUT2D eigenvalue weighted by Gasteiger charge is 2.21. The Morgan fingerprint density at radius 2 is 1.91 bits per heavy atom. The highest BCUT2D eigenvalue weighted by molar-refractivity contribution is 5.80. The first kappa shape index (κ1) is 25.8. The highest BCUT2D eigenvalue weighted by atomic mass is 16.5. The van der Waals surface area contributed by atoms with Crippen molar-refractivity contribution < 1.29 is 14.3 Å². The van der Waals surface area contributed by atoms with Gasteiger partial charge in [-0.25, -0.2) is 0 Å². The first-order chi connectivity index (χ1) is 15.5. The molecule has 2 rings (SSSR count). The number of nitrogens with one attached hydrogen (secondary N) is 2. The van der Waals surface area contributed by atoms with Crippen LogP contribution in [0.4, 0.5) is 0 Å². The Hall–Kier alpha value is -2.48. The van der Waals surface area contributed by atoms with E-state index >= 15 is 0 Å². The van der Waals surface area contributed by atoms with Gasteiger partial charge in [0.15, 0.2) is 17.5 Å². The van der Waals surface area contributed by atoms with Crippen molar-refractivity contribution in [2.24, 2.45) is 4.99 Å². The van der Waals surface area contributed by atoms with Crippen molar-refractivity contribution in [2.45, 2.75) is 46.6 Å². The summed E-state index contributed by atoms with van der Waals surface area (Å²) in [6, 6.07) is 6.30. The van der Waals surface area contributed by atoms with Crippen LogP contribution in [0.5, 0.6) is 11.5 Å². The van der Waals surface area contributed by atoms with Crippen LogP contribution >= 0.6 is 0 Å². The third-order valence-electron chi connectivity index (χ3n) is 5.24. The molecule has 8 heteroatoms. The molecular weight excluding hydrogens is 406 g/mol. The van der Waals surface area contributed by atoms with Gasteiger partial charge in [0.2, 0.25) is 5.91 Å².